The van der Waals surface area contributed by atoms with Gasteiger partial charge in [-0.05, 0) is 59.9 Å². The Balaban J connectivity index is 2.53. The lowest BCUT2D eigenvalue weighted by molar-refractivity contribution is -0.174. The van der Waals surface area contributed by atoms with Crippen LogP contribution in [0.4, 0.5) is 0 Å². The Labute approximate surface area is 179 Å². The summed E-state index contributed by atoms with van der Waals surface area (Å²) in [6.45, 7) is 10.7. The van der Waals surface area contributed by atoms with E-state index in [1.54, 1.807) is 53.7 Å². The maximum Gasteiger partial charge on any atom is 0.320 e. The van der Waals surface area contributed by atoms with Crippen LogP contribution >= 0.6 is 0 Å². The zero-order valence-corrected chi connectivity index (χ0v) is 18.9. The minimum Gasteiger partial charge on any atom is -0.461 e. The largest absolute Gasteiger partial charge is 0.461 e. The highest BCUT2D eigenvalue weighted by Crippen LogP contribution is 2.20. The number of benzene rings is 1. The van der Waals surface area contributed by atoms with E-state index in [1.807, 2.05) is 30.3 Å². The summed E-state index contributed by atoms with van der Waals surface area (Å²) >= 11 is 0. The van der Waals surface area contributed by atoms with Crippen LogP contribution in [0.3, 0.4) is 0 Å². The lowest BCUT2D eigenvalue weighted by Gasteiger charge is -2.26. The molecule has 6 nitrogen and oxygen atoms in total. The molecule has 0 bridgehead atoms. The molecule has 0 aliphatic rings. The van der Waals surface area contributed by atoms with Gasteiger partial charge in [0.2, 0.25) is 0 Å². The fourth-order valence-corrected chi connectivity index (χ4v) is 2.44. The van der Waals surface area contributed by atoms with Gasteiger partial charge in [-0.3, -0.25) is 14.4 Å². The zero-order valence-electron chi connectivity index (χ0n) is 18.9. The lowest BCUT2D eigenvalue weighted by Crippen LogP contribution is -2.36. The molecule has 30 heavy (non-hydrogen) atoms. The average Bonchev–Trinajstić information content (AvgIpc) is 2.60. The van der Waals surface area contributed by atoms with Crippen LogP contribution in [0.2, 0.25) is 0 Å². The predicted octanol–water partition coefficient (Wildman–Crippen LogP) is 4.76. The van der Waals surface area contributed by atoms with Crippen LogP contribution in [0.15, 0.2) is 42.5 Å². The number of carbonyl (C=O) groups excluding carboxylic acids is 3. The molecule has 0 saturated carbocycles. The number of hydrogen-bond acceptors (Lipinski definition) is 6. The van der Waals surface area contributed by atoms with Crippen molar-refractivity contribution < 1.29 is 28.6 Å². The summed E-state index contributed by atoms with van der Waals surface area (Å²) in [4.78, 5) is 36.7. The van der Waals surface area contributed by atoms with Gasteiger partial charge in [-0.15, -0.1) is 0 Å². The Morgan fingerprint density at radius 1 is 0.867 bits per heavy atom. The summed E-state index contributed by atoms with van der Waals surface area (Å²) in [5, 5.41) is 0. The number of rotatable bonds is 9. The normalized spacial score (nSPS) is 12.1. The molecule has 0 heterocycles. The Kier molecular flexibility index (Phi) is 9.76. The quantitative estimate of drug-likeness (QED) is 0.249. The molecule has 0 aliphatic heterocycles. The van der Waals surface area contributed by atoms with Crippen molar-refractivity contribution >= 4 is 17.9 Å². The molecule has 0 atom stereocenters. The van der Waals surface area contributed by atoms with E-state index in [0.29, 0.717) is 6.42 Å². The third-order valence-corrected chi connectivity index (χ3v) is 3.70. The molecule has 1 rings (SSSR count). The van der Waals surface area contributed by atoms with Crippen LogP contribution in [0, 0.1) is 5.92 Å². The summed E-state index contributed by atoms with van der Waals surface area (Å²) < 4.78 is 15.9. The molecule has 1 aromatic rings. The fourth-order valence-electron chi connectivity index (χ4n) is 2.44. The van der Waals surface area contributed by atoms with Gasteiger partial charge >= 0.3 is 17.9 Å². The van der Waals surface area contributed by atoms with Crippen molar-refractivity contribution in [3.63, 3.8) is 0 Å². The SMILES string of the molecule is CC(C)(C)OC(=O)C(CC/C=C/CC(=O)OCc1ccccc1)C(=O)OC(C)(C)C. The van der Waals surface area contributed by atoms with Crippen LogP contribution in [0.5, 0.6) is 0 Å². The molecule has 6 heteroatoms. The van der Waals surface area contributed by atoms with Gasteiger partial charge in [0.15, 0.2) is 5.92 Å². The highest BCUT2D eigenvalue weighted by Gasteiger charge is 2.34. The molecule has 0 unspecified atom stereocenters. The number of carbonyl (C=O) groups is 3. The van der Waals surface area contributed by atoms with Gasteiger partial charge in [0, 0.05) is 0 Å². The van der Waals surface area contributed by atoms with E-state index >= 15 is 0 Å². The van der Waals surface area contributed by atoms with E-state index in [0.717, 1.165) is 5.56 Å². The second-order valence-corrected chi connectivity index (χ2v) is 9.02. The van der Waals surface area contributed by atoms with Gasteiger partial charge in [0.1, 0.15) is 17.8 Å². The maximum atomic E-state index is 12.5. The van der Waals surface area contributed by atoms with E-state index in [9.17, 15) is 14.4 Å². The molecule has 0 spiro atoms. The summed E-state index contributed by atoms with van der Waals surface area (Å²) in [6, 6.07) is 9.44. The van der Waals surface area contributed by atoms with Crippen LogP contribution in [-0.4, -0.2) is 29.1 Å². The van der Waals surface area contributed by atoms with E-state index in [1.165, 1.54) is 0 Å². The second kappa shape index (κ2) is 11.5. The Bertz CT molecular complexity index is 694. The Morgan fingerprint density at radius 3 is 1.90 bits per heavy atom. The predicted molar refractivity (Wildman–Crippen MR) is 114 cm³/mol. The molecule has 0 N–H and O–H groups in total. The molecular formula is C24H34O6. The second-order valence-electron chi connectivity index (χ2n) is 9.02. The lowest BCUT2D eigenvalue weighted by atomic mass is 10.0. The topological polar surface area (TPSA) is 78.9 Å². The standard InChI is InChI=1S/C24H34O6/c1-23(2,3)29-21(26)19(22(27)30-24(4,5)6)15-11-8-12-16-20(25)28-17-18-13-9-7-10-14-18/h7-10,12-14,19H,11,15-17H2,1-6H3/b12-8+. The van der Waals surface area contributed by atoms with Crippen molar-refractivity contribution in [1.82, 2.24) is 0 Å². The maximum absolute atomic E-state index is 12.5. The van der Waals surface area contributed by atoms with Gasteiger partial charge in [0.25, 0.3) is 0 Å². The van der Waals surface area contributed by atoms with Crippen LogP contribution in [-0.2, 0) is 35.2 Å². The minimum absolute atomic E-state index is 0.121. The van der Waals surface area contributed by atoms with Crippen LogP contribution < -0.4 is 0 Å². The first kappa shape index (κ1) is 25.4. The van der Waals surface area contributed by atoms with Gasteiger partial charge < -0.3 is 14.2 Å². The van der Waals surface area contributed by atoms with Crippen molar-refractivity contribution in [2.75, 3.05) is 0 Å². The van der Waals surface area contributed by atoms with E-state index in [4.69, 9.17) is 14.2 Å². The number of allylic oxidation sites excluding steroid dienone is 1. The molecule has 0 aliphatic carbocycles. The Morgan fingerprint density at radius 2 is 1.40 bits per heavy atom. The average molecular weight is 419 g/mol. The van der Waals surface area contributed by atoms with Crippen molar-refractivity contribution in [2.45, 2.75) is 78.6 Å². The van der Waals surface area contributed by atoms with Gasteiger partial charge in [-0.25, -0.2) is 0 Å². The summed E-state index contributed by atoms with van der Waals surface area (Å²) in [5.41, 5.74) is -0.474. The molecule has 0 aromatic heterocycles. The summed E-state index contributed by atoms with van der Waals surface area (Å²) in [5.74, 6) is -2.57. The molecule has 0 fully saturated rings. The van der Waals surface area contributed by atoms with Crippen LogP contribution in [0.25, 0.3) is 0 Å². The van der Waals surface area contributed by atoms with Crippen molar-refractivity contribution in [2.24, 2.45) is 5.92 Å². The number of ether oxygens (including phenoxy) is 3. The molecule has 166 valence electrons. The van der Waals surface area contributed by atoms with Crippen molar-refractivity contribution in [3.8, 4) is 0 Å². The minimum atomic E-state index is -1.02. The van der Waals surface area contributed by atoms with E-state index < -0.39 is 29.1 Å². The molecule has 1 aromatic carbocycles. The third-order valence-electron chi connectivity index (χ3n) is 3.70. The van der Waals surface area contributed by atoms with Gasteiger partial charge in [0.05, 0.1) is 6.42 Å². The number of esters is 3. The van der Waals surface area contributed by atoms with E-state index in [2.05, 4.69) is 0 Å². The number of hydrogen-bond donors (Lipinski definition) is 0. The molecular weight excluding hydrogens is 384 g/mol. The van der Waals surface area contributed by atoms with Crippen molar-refractivity contribution in [1.29, 1.82) is 0 Å². The summed E-state index contributed by atoms with van der Waals surface area (Å²) in [7, 11) is 0. The van der Waals surface area contributed by atoms with Gasteiger partial charge in [-0.2, -0.15) is 0 Å². The van der Waals surface area contributed by atoms with Crippen molar-refractivity contribution in [3.05, 3.63) is 48.0 Å². The Hall–Kier alpha value is -2.63. The fraction of sp³-hybridized carbons (Fsp3) is 0.542. The monoisotopic (exact) mass is 418 g/mol. The smallest absolute Gasteiger partial charge is 0.320 e. The third kappa shape index (κ3) is 11.4. The highest BCUT2D eigenvalue weighted by atomic mass is 16.6. The highest BCUT2D eigenvalue weighted by molar-refractivity contribution is 5.95. The first-order chi connectivity index (χ1) is 13.9. The molecule has 0 radical (unpaired) electrons. The molecule has 0 saturated heterocycles. The zero-order chi connectivity index (χ0) is 22.8. The van der Waals surface area contributed by atoms with Gasteiger partial charge in [-0.1, -0.05) is 42.5 Å². The molecule has 0 amide bonds. The first-order valence-electron chi connectivity index (χ1n) is 10.2. The van der Waals surface area contributed by atoms with E-state index in [-0.39, 0.29) is 25.4 Å². The first-order valence-corrected chi connectivity index (χ1v) is 10.2. The van der Waals surface area contributed by atoms with Crippen LogP contribution in [0.1, 0.15) is 66.4 Å². The summed E-state index contributed by atoms with van der Waals surface area (Å²) in [6.07, 6.45) is 4.21.